The lowest BCUT2D eigenvalue weighted by Crippen LogP contribution is -2.47. The molecule has 1 N–H and O–H groups in total. The Hall–Kier alpha value is -0.260. The van der Waals surface area contributed by atoms with Crippen molar-refractivity contribution in [2.24, 2.45) is 0 Å². The van der Waals surface area contributed by atoms with Gasteiger partial charge in [-0.05, 0) is 6.42 Å². The van der Waals surface area contributed by atoms with Crippen molar-refractivity contribution in [2.45, 2.75) is 12.8 Å². The molecular formula is C9H18F2N2O. The molecule has 1 rings (SSSR count). The third-order valence-corrected chi connectivity index (χ3v) is 2.49. The van der Waals surface area contributed by atoms with Gasteiger partial charge in [-0.2, -0.15) is 0 Å². The van der Waals surface area contributed by atoms with E-state index in [2.05, 4.69) is 4.90 Å². The van der Waals surface area contributed by atoms with Crippen LogP contribution in [0, 0.1) is 0 Å². The zero-order valence-electron chi connectivity index (χ0n) is 8.33. The number of nitrogens with zero attached hydrogens (tertiary/aromatic N) is 2. The molecule has 1 saturated heterocycles. The second-order valence-corrected chi connectivity index (χ2v) is 3.61. The van der Waals surface area contributed by atoms with E-state index in [1.54, 1.807) is 4.90 Å². The molecule has 1 aliphatic rings. The Balaban J connectivity index is 2.11. The van der Waals surface area contributed by atoms with E-state index < -0.39 is 6.43 Å². The molecule has 0 atom stereocenters. The highest BCUT2D eigenvalue weighted by Crippen LogP contribution is 2.05. The summed E-state index contributed by atoms with van der Waals surface area (Å²) >= 11 is 0. The lowest BCUT2D eigenvalue weighted by molar-refractivity contribution is 0.0548. The molecule has 0 amide bonds. The highest BCUT2D eigenvalue weighted by molar-refractivity contribution is 4.72. The Bertz CT molecular complexity index is 150. The van der Waals surface area contributed by atoms with Crippen LogP contribution in [0.5, 0.6) is 0 Å². The maximum Gasteiger partial charge on any atom is 0.251 e. The minimum atomic E-state index is -2.22. The predicted molar refractivity (Wildman–Crippen MR) is 50.6 cm³/mol. The first-order valence-electron chi connectivity index (χ1n) is 5.06. The number of rotatable bonds is 5. The Labute approximate surface area is 83.3 Å². The molecule has 1 heterocycles. The van der Waals surface area contributed by atoms with Crippen molar-refractivity contribution in [3.63, 3.8) is 0 Å². The smallest absolute Gasteiger partial charge is 0.251 e. The van der Waals surface area contributed by atoms with Crippen molar-refractivity contribution in [1.82, 2.24) is 9.80 Å². The van der Waals surface area contributed by atoms with Gasteiger partial charge >= 0.3 is 0 Å². The molecule has 0 saturated carbocycles. The monoisotopic (exact) mass is 208 g/mol. The quantitative estimate of drug-likeness (QED) is 0.701. The Morgan fingerprint density at radius 3 is 2.14 bits per heavy atom. The molecule has 3 nitrogen and oxygen atoms in total. The van der Waals surface area contributed by atoms with Crippen LogP contribution in [0.25, 0.3) is 0 Å². The Kier molecular flexibility index (Phi) is 5.29. The van der Waals surface area contributed by atoms with Crippen molar-refractivity contribution in [2.75, 3.05) is 45.9 Å². The lowest BCUT2D eigenvalue weighted by Gasteiger charge is -2.34. The molecule has 0 radical (unpaired) electrons. The van der Waals surface area contributed by atoms with Crippen molar-refractivity contribution in [3.8, 4) is 0 Å². The van der Waals surface area contributed by atoms with Crippen LogP contribution in [0.2, 0.25) is 0 Å². The zero-order valence-corrected chi connectivity index (χ0v) is 8.33. The molecular weight excluding hydrogens is 190 g/mol. The lowest BCUT2D eigenvalue weighted by atomic mass is 10.3. The first-order valence-corrected chi connectivity index (χ1v) is 5.06. The van der Waals surface area contributed by atoms with Gasteiger partial charge in [-0.3, -0.25) is 4.90 Å². The Morgan fingerprint density at radius 2 is 1.64 bits per heavy atom. The van der Waals surface area contributed by atoms with Crippen LogP contribution in [-0.4, -0.2) is 67.2 Å². The van der Waals surface area contributed by atoms with E-state index in [-0.39, 0.29) is 13.2 Å². The molecule has 84 valence electrons. The van der Waals surface area contributed by atoms with Gasteiger partial charge in [0.1, 0.15) is 0 Å². The minimum Gasteiger partial charge on any atom is -0.396 e. The van der Waals surface area contributed by atoms with Gasteiger partial charge in [0.25, 0.3) is 6.43 Å². The second kappa shape index (κ2) is 6.27. The highest BCUT2D eigenvalue weighted by Gasteiger charge is 2.18. The third kappa shape index (κ3) is 4.30. The van der Waals surface area contributed by atoms with Gasteiger partial charge in [-0.25, -0.2) is 8.78 Å². The molecule has 1 fully saturated rings. The fourth-order valence-electron chi connectivity index (χ4n) is 1.68. The van der Waals surface area contributed by atoms with E-state index in [0.29, 0.717) is 0 Å². The Morgan fingerprint density at radius 1 is 1.07 bits per heavy atom. The zero-order chi connectivity index (χ0) is 10.4. The molecule has 0 bridgehead atoms. The van der Waals surface area contributed by atoms with Gasteiger partial charge in [0.2, 0.25) is 0 Å². The van der Waals surface area contributed by atoms with E-state index >= 15 is 0 Å². The summed E-state index contributed by atoms with van der Waals surface area (Å²) in [5, 5.41) is 8.63. The molecule has 0 aromatic heterocycles. The first kappa shape index (κ1) is 11.8. The van der Waals surface area contributed by atoms with E-state index in [1.807, 2.05) is 0 Å². The van der Waals surface area contributed by atoms with Gasteiger partial charge in [0, 0.05) is 39.3 Å². The van der Waals surface area contributed by atoms with Crippen molar-refractivity contribution in [1.29, 1.82) is 0 Å². The topological polar surface area (TPSA) is 26.7 Å². The van der Waals surface area contributed by atoms with Gasteiger partial charge in [0.15, 0.2) is 0 Å². The molecule has 5 heteroatoms. The molecule has 1 aliphatic heterocycles. The maximum atomic E-state index is 12.0. The number of aliphatic hydroxyl groups excluding tert-OH is 1. The minimum absolute atomic E-state index is 0.103. The van der Waals surface area contributed by atoms with Crippen LogP contribution < -0.4 is 0 Å². The van der Waals surface area contributed by atoms with Gasteiger partial charge < -0.3 is 10.0 Å². The summed E-state index contributed by atoms with van der Waals surface area (Å²) in [6.45, 7) is 4.09. The van der Waals surface area contributed by atoms with Crippen LogP contribution in [-0.2, 0) is 0 Å². The number of hydrogen-bond acceptors (Lipinski definition) is 3. The van der Waals surface area contributed by atoms with Crippen molar-refractivity contribution >= 4 is 0 Å². The summed E-state index contributed by atoms with van der Waals surface area (Å²) in [5.41, 5.74) is 0. The predicted octanol–water partition coefficient (Wildman–Crippen LogP) is 0.251. The van der Waals surface area contributed by atoms with Crippen molar-refractivity contribution < 1.29 is 13.9 Å². The van der Waals surface area contributed by atoms with E-state index in [4.69, 9.17) is 5.11 Å². The maximum absolute atomic E-state index is 12.0. The number of aliphatic hydroxyl groups is 1. The van der Waals surface area contributed by atoms with Crippen molar-refractivity contribution in [3.05, 3.63) is 0 Å². The van der Waals surface area contributed by atoms with Gasteiger partial charge in [0.05, 0.1) is 6.54 Å². The third-order valence-electron chi connectivity index (χ3n) is 2.49. The summed E-state index contributed by atoms with van der Waals surface area (Å²) < 4.78 is 24.1. The first-order chi connectivity index (χ1) is 6.72. The molecule has 0 spiro atoms. The number of alkyl halides is 2. The average Bonchev–Trinajstić information content (AvgIpc) is 2.16. The van der Waals surface area contributed by atoms with Crippen LogP contribution in [0.15, 0.2) is 0 Å². The number of piperazine rings is 1. The summed E-state index contributed by atoms with van der Waals surface area (Å²) in [4.78, 5) is 4.00. The fourth-order valence-corrected chi connectivity index (χ4v) is 1.68. The van der Waals surface area contributed by atoms with E-state index in [9.17, 15) is 8.78 Å². The fraction of sp³-hybridized carbons (Fsp3) is 1.00. The SMILES string of the molecule is OCCCN1CCN(CC(F)F)CC1. The van der Waals surface area contributed by atoms with Gasteiger partial charge in [-0.1, -0.05) is 0 Å². The second-order valence-electron chi connectivity index (χ2n) is 3.61. The standard InChI is InChI=1S/C9H18F2N2O/c10-9(11)8-13-5-3-12(4-6-13)2-1-7-14/h9,14H,1-8H2. The van der Waals surface area contributed by atoms with E-state index in [1.165, 1.54) is 0 Å². The largest absolute Gasteiger partial charge is 0.396 e. The average molecular weight is 208 g/mol. The van der Waals surface area contributed by atoms with Crippen LogP contribution in [0.3, 0.4) is 0 Å². The highest BCUT2D eigenvalue weighted by atomic mass is 19.3. The molecule has 0 aromatic rings. The summed E-state index contributed by atoms with van der Waals surface area (Å²) in [7, 11) is 0. The molecule has 14 heavy (non-hydrogen) atoms. The molecule has 0 unspecified atom stereocenters. The van der Waals surface area contributed by atoms with Crippen LogP contribution in [0.1, 0.15) is 6.42 Å². The summed E-state index contributed by atoms with van der Waals surface area (Å²) in [5.74, 6) is 0. The number of hydrogen-bond donors (Lipinski definition) is 1. The van der Waals surface area contributed by atoms with Crippen LogP contribution in [0.4, 0.5) is 8.78 Å². The van der Waals surface area contributed by atoms with Crippen LogP contribution >= 0.6 is 0 Å². The molecule has 0 aromatic carbocycles. The van der Waals surface area contributed by atoms with Gasteiger partial charge in [-0.15, -0.1) is 0 Å². The normalized spacial score (nSPS) is 20.6. The van der Waals surface area contributed by atoms with E-state index in [0.717, 1.165) is 39.1 Å². The summed E-state index contributed by atoms with van der Waals surface area (Å²) in [6, 6.07) is 0. The molecule has 0 aliphatic carbocycles. The number of halogens is 2. The summed E-state index contributed by atoms with van der Waals surface area (Å²) in [6.07, 6.45) is -1.45.